The highest BCUT2D eigenvalue weighted by atomic mass is 16.2. The Morgan fingerprint density at radius 2 is 1.60 bits per heavy atom. The van der Waals surface area contributed by atoms with Crippen molar-refractivity contribution >= 4 is 23.5 Å². The van der Waals surface area contributed by atoms with Gasteiger partial charge in [0, 0.05) is 36.4 Å². The molecule has 186 valence electrons. The van der Waals surface area contributed by atoms with Gasteiger partial charge in [0.15, 0.2) is 6.17 Å². The molecule has 4 amide bonds. The van der Waals surface area contributed by atoms with Crippen molar-refractivity contribution in [1.82, 2.24) is 15.1 Å². The minimum absolute atomic E-state index is 0.0110. The monoisotopic (exact) mass is 477 g/mol. The molecule has 0 aromatic heterocycles. The Labute approximate surface area is 206 Å². The highest BCUT2D eigenvalue weighted by Gasteiger charge is 2.43. The van der Waals surface area contributed by atoms with E-state index in [4.69, 9.17) is 5.73 Å². The minimum atomic E-state index is -1.02. The first-order valence-corrected chi connectivity index (χ1v) is 12.3. The molecule has 2 fully saturated rings. The van der Waals surface area contributed by atoms with E-state index in [-0.39, 0.29) is 37.0 Å². The van der Waals surface area contributed by atoms with Crippen molar-refractivity contribution in [3.63, 3.8) is 0 Å². The van der Waals surface area contributed by atoms with Gasteiger partial charge in [0.25, 0.3) is 11.8 Å². The maximum atomic E-state index is 13.5. The molecule has 1 atom stereocenters. The summed E-state index contributed by atoms with van der Waals surface area (Å²) < 4.78 is 0. The van der Waals surface area contributed by atoms with Crippen LogP contribution in [0.1, 0.15) is 52.7 Å². The van der Waals surface area contributed by atoms with Crippen LogP contribution in [0.25, 0.3) is 0 Å². The lowest BCUT2D eigenvalue weighted by atomic mass is 9.92. The number of rotatable bonds is 4. The Morgan fingerprint density at radius 3 is 2.29 bits per heavy atom. The summed E-state index contributed by atoms with van der Waals surface area (Å²) >= 11 is 0. The molecule has 0 bridgehead atoms. The number of hydrogen-bond acceptors (Lipinski definition) is 4. The Hall–Kier alpha value is -3.39. The average molecular weight is 478 g/mol. The van der Waals surface area contributed by atoms with Crippen LogP contribution in [0.4, 0.5) is 10.5 Å². The van der Waals surface area contributed by atoms with Crippen LogP contribution in [0.3, 0.4) is 0 Å². The molecule has 4 rings (SSSR count). The summed E-state index contributed by atoms with van der Waals surface area (Å²) in [6.07, 6.45) is 2.25. The van der Waals surface area contributed by atoms with Gasteiger partial charge in [-0.2, -0.15) is 0 Å². The number of benzene rings is 2. The molecule has 35 heavy (non-hydrogen) atoms. The van der Waals surface area contributed by atoms with Crippen molar-refractivity contribution in [1.29, 1.82) is 0 Å². The van der Waals surface area contributed by atoms with Crippen LogP contribution < -0.4 is 16.4 Å². The molecule has 4 N–H and O–H groups in total. The quantitative estimate of drug-likeness (QED) is 0.628. The SMILES string of the molecule is Cc1cccc(NC(=O)N2CCN(C(=O)c3ccc(C)c(C)c3)C2C(=O)NC2CCC(N)CC2)c1. The van der Waals surface area contributed by atoms with Crippen molar-refractivity contribution in [2.24, 2.45) is 5.73 Å². The third-order valence-corrected chi connectivity index (χ3v) is 7.07. The van der Waals surface area contributed by atoms with Gasteiger partial charge in [-0.25, -0.2) is 4.79 Å². The number of anilines is 1. The van der Waals surface area contributed by atoms with E-state index < -0.39 is 12.2 Å². The van der Waals surface area contributed by atoms with E-state index in [1.807, 2.05) is 51.1 Å². The van der Waals surface area contributed by atoms with Gasteiger partial charge >= 0.3 is 6.03 Å². The Kier molecular flexibility index (Phi) is 7.40. The van der Waals surface area contributed by atoms with Gasteiger partial charge < -0.3 is 21.3 Å². The molecule has 2 aromatic rings. The molecule has 8 nitrogen and oxygen atoms in total. The zero-order valence-corrected chi connectivity index (χ0v) is 20.7. The molecular formula is C27H35N5O3. The summed E-state index contributed by atoms with van der Waals surface area (Å²) in [5.41, 5.74) is 10.3. The normalized spacial score (nSPS) is 22.1. The Balaban J connectivity index is 1.57. The van der Waals surface area contributed by atoms with Gasteiger partial charge in [-0.15, -0.1) is 0 Å². The van der Waals surface area contributed by atoms with E-state index >= 15 is 0 Å². The van der Waals surface area contributed by atoms with Crippen LogP contribution in [0, 0.1) is 20.8 Å². The number of aryl methyl sites for hydroxylation is 3. The molecule has 1 unspecified atom stereocenters. The third-order valence-electron chi connectivity index (χ3n) is 7.07. The number of nitrogens with zero attached hydrogens (tertiary/aromatic N) is 2. The fraction of sp³-hybridized carbons (Fsp3) is 0.444. The van der Waals surface area contributed by atoms with E-state index in [9.17, 15) is 14.4 Å². The molecule has 1 saturated heterocycles. The summed E-state index contributed by atoms with van der Waals surface area (Å²) in [7, 11) is 0. The number of carbonyl (C=O) groups is 3. The summed E-state index contributed by atoms with van der Waals surface area (Å²) in [5, 5.41) is 5.97. The van der Waals surface area contributed by atoms with E-state index in [2.05, 4.69) is 10.6 Å². The first kappa shape index (κ1) is 24.7. The molecule has 2 aliphatic rings. The number of urea groups is 1. The smallest absolute Gasteiger partial charge is 0.323 e. The topological polar surface area (TPSA) is 108 Å². The van der Waals surface area contributed by atoms with Crippen molar-refractivity contribution in [3.8, 4) is 0 Å². The number of amides is 4. The van der Waals surface area contributed by atoms with E-state index in [1.165, 1.54) is 9.80 Å². The first-order chi connectivity index (χ1) is 16.7. The van der Waals surface area contributed by atoms with Gasteiger partial charge in [0.1, 0.15) is 0 Å². The van der Waals surface area contributed by atoms with E-state index in [1.54, 1.807) is 12.1 Å². The predicted octanol–water partition coefficient (Wildman–Crippen LogP) is 3.31. The molecule has 1 heterocycles. The number of nitrogens with two attached hydrogens (primary N) is 1. The summed E-state index contributed by atoms with van der Waals surface area (Å²) in [5.74, 6) is -0.593. The minimum Gasteiger partial charge on any atom is -0.350 e. The highest BCUT2D eigenvalue weighted by Crippen LogP contribution is 2.23. The second-order valence-corrected chi connectivity index (χ2v) is 9.78. The van der Waals surface area contributed by atoms with Gasteiger partial charge in [0.2, 0.25) is 0 Å². The zero-order valence-electron chi connectivity index (χ0n) is 20.7. The molecule has 2 aromatic carbocycles. The molecule has 1 aliphatic heterocycles. The molecule has 0 spiro atoms. The standard InChI is InChI=1S/C27H35N5O3/c1-17-5-4-6-23(15-17)30-27(35)32-14-13-31(26(34)20-8-7-18(2)19(3)16-20)25(32)24(33)29-22-11-9-21(28)10-12-22/h4-8,15-16,21-22,25H,9-14,28H2,1-3H3,(H,29,33)(H,30,35). The van der Waals surface area contributed by atoms with Crippen molar-refractivity contribution in [2.75, 3.05) is 18.4 Å². The Bertz CT molecular complexity index is 1110. The van der Waals surface area contributed by atoms with Gasteiger partial charge in [-0.3, -0.25) is 14.5 Å². The number of hydrogen-bond donors (Lipinski definition) is 3. The molecule has 1 aliphatic carbocycles. The second kappa shape index (κ2) is 10.5. The third kappa shape index (κ3) is 5.65. The van der Waals surface area contributed by atoms with E-state index in [0.29, 0.717) is 11.3 Å². The maximum Gasteiger partial charge on any atom is 0.323 e. The average Bonchev–Trinajstić information content (AvgIpc) is 3.27. The first-order valence-electron chi connectivity index (χ1n) is 12.3. The van der Waals surface area contributed by atoms with Crippen LogP contribution >= 0.6 is 0 Å². The van der Waals surface area contributed by atoms with Crippen molar-refractivity contribution in [3.05, 3.63) is 64.7 Å². The van der Waals surface area contributed by atoms with Gasteiger partial charge in [-0.1, -0.05) is 18.2 Å². The van der Waals surface area contributed by atoms with Crippen molar-refractivity contribution < 1.29 is 14.4 Å². The molecule has 0 radical (unpaired) electrons. The number of carbonyl (C=O) groups excluding carboxylic acids is 3. The largest absolute Gasteiger partial charge is 0.350 e. The van der Waals surface area contributed by atoms with Crippen LogP contribution in [-0.2, 0) is 4.79 Å². The summed E-state index contributed by atoms with van der Waals surface area (Å²) in [6.45, 7) is 6.43. The van der Waals surface area contributed by atoms with E-state index in [0.717, 1.165) is 42.4 Å². The zero-order chi connectivity index (χ0) is 25.1. The fourth-order valence-electron chi connectivity index (χ4n) is 4.83. The van der Waals surface area contributed by atoms with Crippen LogP contribution in [-0.4, -0.2) is 59.0 Å². The highest BCUT2D eigenvalue weighted by molar-refractivity contribution is 6.00. The van der Waals surface area contributed by atoms with Crippen molar-refractivity contribution in [2.45, 2.75) is 64.7 Å². The van der Waals surface area contributed by atoms with Crippen LogP contribution in [0.15, 0.2) is 42.5 Å². The molecule has 8 heteroatoms. The van der Waals surface area contributed by atoms with Gasteiger partial charge in [-0.05, 0) is 87.4 Å². The number of nitrogens with one attached hydrogen (secondary N) is 2. The molecule has 1 saturated carbocycles. The van der Waals surface area contributed by atoms with Crippen LogP contribution in [0.2, 0.25) is 0 Å². The predicted molar refractivity (Wildman–Crippen MR) is 136 cm³/mol. The lowest BCUT2D eigenvalue weighted by molar-refractivity contribution is -0.128. The summed E-state index contributed by atoms with van der Waals surface area (Å²) in [6, 6.07) is 12.7. The van der Waals surface area contributed by atoms with Gasteiger partial charge in [0.05, 0.1) is 0 Å². The lowest BCUT2D eigenvalue weighted by Crippen LogP contribution is -2.56. The molecular weight excluding hydrogens is 442 g/mol. The fourth-order valence-corrected chi connectivity index (χ4v) is 4.83. The summed E-state index contributed by atoms with van der Waals surface area (Å²) in [4.78, 5) is 43.2. The Morgan fingerprint density at radius 1 is 0.886 bits per heavy atom. The van der Waals surface area contributed by atoms with Crippen LogP contribution in [0.5, 0.6) is 0 Å². The maximum absolute atomic E-state index is 13.5. The second-order valence-electron chi connectivity index (χ2n) is 9.78. The lowest BCUT2D eigenvalue weighted by Gasteiger charge is -2.32.